The van der Waals surface area contributed by atoms with Crippen LogP contribution in [0.3, 0.4) is 0 Å². The number of aryl methyl sites for hydroxylation is 2. The molecule has 0 radical (unpaired) electrons. The van der Waals surface area contributed by atoms with Crippen molar-refractivity contribution in [1.82, 2.24) is 4.90 Å². The number of hydrogen-bond acceptors (Lipinski definition) is 2. The molecule has 2 heterocycles. The third kappa shape index (κ3) is 3.32. The van der Waals surface area contributed by atoms with Crippen LogP contribution in [0, 0.1) is 13.8 Å². The van der Waals surface area contributed by atoms with Gasteiger partial charge in [-0.25, -0.2) is 4.79 Å². The number of para-hydroxylation sites is 2. The zero-order chi connectivity index (χ0) is 20.7. The Morgan fingerprint density at radius 3 is 1.83 bits per heavy atom. The molecule has 4 heteroatoms. The van der Waals surface area contributed by atoms with Gasteiger partial charge in [0.2, 0.25) is 0 Å². The maximum atomic E-state index is 13.7. The molecular formula is C26H27N3O. The number of rotatable bonds is 1. The molecule has 0 spiro atoms. The van der Waals surface area contributed by atoms with Crippen molar-refractivity contribution in [2.24, 2.45) is 0 Å². The molecule has 0 atom stereocenters. The van der Waals surface area contributed by atoms with E-state index >= 15 is 0 Å². The third-order valence-electron chi connectivity index (χ3n) is 6.16. The van der Waals surface area contributed by atoms with Crippen LogP contribution in [0.2, 0.25) is 0 Å². The van der Waals surface area contributed by atoms with Crippen molar-refractivity contribution in [2.45, 2.75) is 20.3 Å². The Kier molecular flexibility index (Phi) is 4.70. The summed E-state index contributed by atoms with van der Waals surface area (Å²) in [5, 5.41) is 0. The minimum absolute atomic E-state index is 0.0784. The van der Waals surface area contributed by atoms with Crippen LogP contribution in [0.1, 0.15) is 22.3 Å². The molecule has 2 aliphatic rings. The fourth-order valence-corrected chi connectivity index (χ4v) is 4.73. The second-order valence-corrected chi connectivity index (χ2v) is 8.37. The molecule has 0 N–H and O–H groups in total. The molecule has 0 bridgehead atoms. The highest BCUT2D eigenvalue weighted by Gasteiger charge is 2.32. The lowest BCUT2D eigenvalue weighted by atomic mass is 9.96. The smallest absolute Gasteiger partial charge is 0.329 e. The van der Waals surface area contributed by atoms with E-state index in [4.69, 9.17) is 0 Å². The molecule has 3 aromatic rings. The predicted molar refractivity (Wildman–Crippen MR) is 123 cm³/mol. The summed E-state index contributed by atoms with van der Waals surface area (Å²) in [6.07, 6.45) is 0.872. The van der Waals surface area contributed by atoms with Crippen LogP contribution in [-0.2, 0) is 6.42 Å². The number of nitrogens with zero attached hydrogens (tertiary/aromatic N) is 3. The number of urea groups is 1. The van der Waals surface area contributed by atoms with Crippen LogP contribution in [0.15, 0.2) is 66.7 Å². The van der Waals surface area contributed by atoms with Crippen LogP contribution >= 0.6 is 0 Å². The summed E-state index contributed by atoms with van der Waals surface area (Å²) in [7, 11) is 0. The van der Waals surface area contributed by atoms with Crippen LogP contribution in [0.5, 0.6) is 0 Å². The van der Waals surface area contributed by atoms with Crippen molar-refractivity contribution in [1.29, 1.82) is 0 Å². The number of piperazine rings is 1. The molecule has 0 saturated carbocycles. The average molecular weight is 398 g/mol. The Hall–Kier alpha value is -3.27. The SMILES string of the molecule is Cc1cc(C)cc(N2CCN(C(=O)N3c4ccccc4Cc4ccccc43)CC2)c1. The fourth-order valence-electron chi connectivity index (χ4n) is 4.73. The highest BCUT2D eigenvalue weighted by Crippen LogP contribution is 2.39. The van der Waals surface area contributed by atoms with Gasteiger partial charge >= 0.3 is 6.03 Å². The van der Waals surface area contributed by atoms with Crippen molar-refractivity contribution in [3.05, 3.63) is 89.0 Å². The van der Waals surface area contributed by atoms with E-state index < -0.39 is 0 Å². The normalized spacial score (nSPS) is 15.6. The molecule has 0 aliphatic carbocycles. The minimum Gasteiger partial charge on any atom is -0.368 e. The highest BCUT2D eigenvalue weighted by atomic mass is 16.2. The van der Waals surface area contributed by atoms with E-state index in [1.807, 2.05) is 21.9 Å². The van der Waals surface area contributed by atoms with Crippen LogP contribution in [0.4, 0.5) is 21.9 Å². The van der Waals surface area contributed by atoms with Crippen molar-refractivity contribution in [2.75, 3.05) is 36.0 Å². The quantitative estimate of drug-likeness (QED) is 0.558. The fraction of sp³-hybridized carbons (Fsp3) is 0.269. The molecule has 1 saturated heterocycles. The lowest BCUT2D eigenvalue weighted by molar-refractivity contribution is 0.203. The Morgan fingerprint density at radius 1 is 0.733 bits per heavy atom. The van der Waals surface area contributed by atoms with E-state index in [2.05, 4.69) is 73.3 Å². The molecule has 30 heavy (non-hydrogen) atoms. The summed E-state index contributed by atoms with van der Waals surface area (Å²) >= 11 is 0. The van der Waals surface area contributed by atoms with Crippen LogP contribution < -0.4 is 9.80 Å². The van der Waals surface area contributed by atoms with Gasteiger partial charge in [0.25, 0.3) is 0 Å². The van der Waals surface area contributed by atoms with E-state index in [9.17, 15) is 4.79 Å². The van der Waals surface area contributed by atoms with Gasteiger partial charge in [0, 0.05) is 38.3 Å². The Morgan fingerprint density at radius 2 is 1.27 bits per heavy atom. The molecule has 2 aliphatic heterocycles. The van der Waals surface area contributed by atoms with Crippen molar-refractivity contribution < 1.29 is 4.79 Å². The summed E-state index contributed by atoms with van der Waals surface area (Å²) in [5.41, 5.74) is 8.26. The molecule has 4 nitrogen and oxygen atoms in total. The topological polar surface area (TPSA) is 26.8 Å². The number of carbonyl (C=O) groups excluding carboxylic acids is 1. The number of amides is 2. The molecule has 0 aromatic heterocycles. The predicted octanol–water partition coefficient (Wildman–Crippen LogP) is 5.29. The van der Waals surface area contributed by atoms with Crippen LogP contribution in [0.25, 0.3) is 0 Å². The molecule has 152 valence electrons. The van der Waals surface area contributed by atoms with Crippen molar-refractivity contribution in [3.8, 4) is 0 Å². The van der Waals surface area contributed by atoms with E-state index in [0.717, 1.165) is 44.0 Å². The summed E-state index contributed by atoms with van der Waals surface area (Å²) < 4.78 is 0. The van der Waals surface area contributed by atoms with Gasteiger partial charge in [0.1, 0.15) is 0 Å². The first-order valence-corrected chi connectivity index (χ1v) is 10.7. The first-order chi connectivity index (χ1) is 14.6. The van der Waals surface area contributed by atoms with Crippen molar-refractivity contribution >= 4 is 23.1 Å². The molecule has 5 rings (SSSR count). The summed E-state index contributed by atoms with van der Waals surface area (Å²) in [6, 6.07) is 23.3. The largest absolute Gasteiger partial charge is 0.368 e. The summed E-state index contributed by atoms with van der Waals surface area (Å²) in [4.78, 5) is 20.0. The Labute approximate surface area is 178 Å². The van der Waals surface area contributed by atoms with Gasteiger partial charge in [-0.2, -0.15) is 0 Å². The summed E-state index contributed by atoms with van der Waals surface area (Å²) in [5.74, 6) is 0. The summed E-state index contributed by atoms with van der Waals surface area (Å²) in [6.45, 7) is 7.44. The molecule has 3 aromatic carbocycles. The van der Waals surface area contributed by atoms with Gasteiger partial charge in [-0.3, -0.25) is 4.90 Å². The monoisotopic (exact) mass is 397 g/mol. The second-order valence-electron chi connectivity index (χ2n) is 8.37. The maximum Gasteiger partial charge on any atom is 0.329 e. The number of carbonyl (C=O) groups is 1. The van der Waals surface area contributed by atoms with E-state index in [1.54, 1.807) is 0 Å². The standard InChI is InChI=1S/C26H27N3O/c1-19-15-20(2)17-23(16-19)27-11-13-28(14-12-27)26(30)29-24-9-5-3-7-21(24)18-22-8-4-6-10-25(22)29/h3-10,15-17H,11-14,18H2,1-2H3. The molecular weight excluding hydrogens is 370 g/mol. The maximum absolute atomic E-state index is 13.7. The average Bonchev–Trinajstić information content (AvgIpc) is 2.76. The number of hydrogen-bond donors (Lipinski definition) is 0. The number of fused-ring (bicyclic) bond motifs is 2. The van der Waals surface area contributed by atoms with E-state index in [0.29, 0.717) is 0 Å². The first kappa shape index (κ1) is 18.7. The zero-order valence-corrected chi connectivity index (χ0v) is 17.6. The molecule has 2 amide bonds. The zero-order valence-electron chi connectivity index (χ0n) is 17.6. The van der Waals surface area contributed by atoms with Gasteiger partial charge in [-0.15, -0.1) is 0 Å². The lowest BCUT2D eigenvalue weighted by Crippen LogP contribution is -2.52. The van der Waals surface area contributed by atoms with Gasteiger partial charge < -0.3 is 9.80 Å². The Balaban J connectivity index is 1.39. The Bertz CT molecular complexity index is 1030. The van der Waals surface area contributed by atoms with Crippen molar-refractivity contribution in [3.63, 3.8) is 0 Å². The lowest BCUT2D eigenvalue weighted by Gasteiger charge is -2.40. The van der Waals surface area contributed by atoms with Gasteiger partial charge in [0.15, 0.2) is 0 Å². The van der Waals surface area contributed by atoms with E-state index in [-0.39, 0.29) is 6.03 Å². The highest BCUT2D eigenvalue weighted by molar-refractivity contribution is 6.02. The number of benzene rings is 3. The minimum atomic E-state index is 0.0784. The van der Waals surface area contributed by atoms with E-state index in [1.165, 1.54) is 27.9 Å². The first-order valence-electron chi connectivity index (χ1n) is 10.7. The van der Waals surface area contributed by atoms with Crippen LogP contribution in [-0.4, -0.2) is 37.1 Å². The number of anilines is 3. The molecule has 1 fully saturated rings. The second kappa shape index (κ2) is 7.52. The van der Waals surface area contributed by atoms with Gasteiger partial charge in [-0.05, 0) is 60.4 Å². The van der Waals surface area contributed by atoms with Gasteiger partial charge in [0.05, 0.1) is 11.4 Å². The molecule has 0 unspecified atom stereocenters. The third-order valence-corrected chi connectivity index (χ3v) is 6.16. The van der Waals surface area contributed by atoms with Gasteiger partial charge in [-0.1, -0.05) is 42.5 Å².